The lowest BCUT2D eigenvalue weighted by atomic mass is 10.1. The van der Waals surface area contributed by atoms with E-state index in [2.05, 4.69) is 106 Å². The largest absolute Gasteiger partial charge is 0.462 e. The molecule has 366 valence electrons. The number of hydrogen-bond acceptors (Lipinski definition) is 6. The van der Waals surface area contributed by atoms with Crippen LogP contribution in [0.5, 0.6) is 0 Å². The van der Waals surface area contributed by atoms with E-state index < -0.39 is 6.10 Å². The average molecular weight is 891 g/mol. The van der Waals surface area contributed by atoms with Crippen molar-refractivity contribution in [2.24, 2.45) is 0 Å². The molecule has 6 nitrogen and oxygen atoms in total. The van der Waals surface area contributed by atoms with E-state index in [1.165, 1.54) is 96.3 Å². The van der Waals surface area contributed by atoms with Gasteiger partial charge in [0.05, 0.1) is 0 Å². The molecular weight excluding hydrogens is 793 g/mol. The molecule has 0 saturated carbocycles. The quantitative estimate of drug-likeness (QED) is 0.0262. The smallest absolute Gasteiger partial charge is 0.306 e. The number of carbonyl (C=O) groups excluding carboxylic acids is 3. The van der Waals surface area contributed by atoms with E-state index in [0.29, 0.717) is 19.3 Å². The van der Waals surface area contributed by atoms with E-state index in [4.69, 9.17) is 14.2 Å². The van der Waals surface area contributed by atoms with Crippen molar-refractivity contribution in [2.45, 2.75) is 252 Å². The van der Waals surface area contributed by atoms with E-state index in [-0.39, 0.29) is 31.1 Å². The fraction of sp³-hybridized carbons (Fsp3) is 0.707. The number of ether oxygens (including phenoxy) is 3. The van der Waals surface area contributed by atoms with Gasteiger partial charge in [0.25, 0.3) is 0 Å². The molecule has 0 radical (unpaired) electrons. The van der Waals surface area contributed by atoms with Crippen LogP contribution in [0.1, 0.15) is 245 Å². The van der Waals surface area contributed by atoms with Crippen LogP contribution >= 0.6 is 0 Å². The zero-order valence-electron chi connectivity index (χ0n) is 41.8. The second kappa shape index (κ2) is 52.2. The van der Waals surface area contributed by atoms with Crippen molar-refractivity contribution in [1.29, 1.82) is 0 Å². The Bertz CT molecular complexity index is 1250. The van der Waals surface area contributed by atoms with Gasteiger partial charge in [-0.15, -0.1) is 0 Å². The van der Waals surface area contributed by atoms with Gasteiger partial charge < -0.3 is 14.2 Å². The van der Waals surface area contributed by atoms with Crippen LogP contribution in [0, 0.1) is 0 Å². The maximum atomic E-state index is 12.7. The molecule has 0 heterocycles. The average Bonchev–Trinajstić information content (AvgIpc) is 3.29. The minimum atomic E-state index is -0.774. The van der Waals surface area contributed by atoms with Gasteiger partial charge in [-0.2, -0.15) is 0 Å². The highest BCUT2D eigenvalue weighted by atomic mass is 16.6. The Morgan fingerprint density at radius 3 is 0.953 bits per heavy atom. The zero-order valence-corrected chi connectivity index (χ0v) is 41.8. The van der Waals surface area contributed by atoms with Crippen LogP contribution < -0.4 is 0 Å². The summed E-state index contributed by atoms with van der Waals surface area (Å²) in [5.74, 6) is -0.900. The fourth-order valence-electron chi connectivity index (χ4n) is 7.19. The summed E-state index contributed by atoms with van der Waals surface area (Å²) in [6.07, 6.45) is 67.4. The van der Waals surface area contributed by atoms with E-state index in [9.17, 15) is 14.4 Å². The minimum absolute atomic E-state index is 0.0782. The van der Waals surface area contributed by atoms with Crippen molar-refractivity contribution < 1.29 is 28.6 Å². The number of unbranched alkanes of at least 4 members (excludes halogenated alkanes) is 22. The first-order valence-electron chi connectivity index (χ1n) is 26.6. The maximum Gasteiger partial charge on any atom is 0.306 e. The van der Waals surface area contributed by atoms with Crippen LogP contribution in [0.2, 0.25) is 0 Å². The molecule has 0 aromatic rings. The molecule has 0 aliphatic rings. The van der Waals surface area contributed by atoms with Gasteiger partial charge in [-0.3, -0.25) is 14.4 Å². The summed E-state index contributed by atoms with van der Waals surface area (Å²) in [7, 11) is 0. The molecule has 0 spiro atoms. The van der Waals surface area contributed by atoms with Crippen LogP contribution in [-0.4, -0.2) is 37.2 Å². The number of rotatable bonds is 47. The summed E-state index contributed by atoms with van der Waals surface area (Å²) >= 11 is 0. The fourth-order valence-corrected chi connectivity index (χ4v) is 7.19. The van der Waals surface area contributed by atoms with Gasteiger partial charge in [0, 0.05) is 19.3 Å². The second-order valence-corrected chi connectivity index (χ2v) is 17.4. The maximum absolute atomic E-state index is 12.7. The number of carbonyl (C=O) groups is 3. The van der Waals surface area contributed by atoms with Gasteiger partial charge in [0.1, 0.15) is 13.2 Å². The highest BCUT2D eigenvalue weighted by molar-refractivity contribution is 5.71. The van der Waals surface area contributed by atoms with Crippen LogP contribution in [0.15, 0.2) is 85.1 Å². The SMILES string of the molecule is CC/C=C\C/C=C\C/C=C\C/C=C\C/C=C\C/C=C\C/C=C\CCCCCCCCCC(=O)OCC(COC(=O)CCCCCCCC)OC(=O)CCCCCCCCCCCCC. The third-order valence-corrected chi connectivity index (χ3v) is 11.2. The number of esters is 3. The predicted octanol–water partition coefficient (Wildman–Crippen LogP) is 17.6. The molecule has 6 heteroatoms. The van der Waals surface area contributed by atoms with Crippen molar-refractivity contribution >= 4 is 17.9 Å². The Morgan fingerprint density at radius 2 is 0.609 bits per heavy atom. The summed E-state index contributed by atoms with van der Waals surface area (Å²) in [4.78, 5) is 37.7. The topological polar surface area (TPSA) is 78.9 Å². The van der Waals surface area contributed by atoms with Crippen molar-refractivity contribution in [3.05, 3.63) is 85.1 Å². The minimum Gasteiger partial charge on any atom is -0.462 e. The van der Waals surface area contributed by atoms with Gasteiger partial charge in [-0.25, -0.2) is 0 Å². The Hall–Kier alpha value is -3.41. The van der Waals surface area contributed by atoms with Gasteiger partial charge in [0.15, 0.2) is 6.10 Å². The van der Waals surface area contributed by atoms with Gasteiger partial charge in [-0.1, -0.05) is 234 Å². The summed E-state index contributed by atoms with van der Waals surface area (Å²) < 4.78 is 16.7. The Balaban J connectivity index is 4.12. The molecule has 1 atom stereocenters. The van der Waals surface area contributed by atoms with E-state index >= 15 is 0 Å². The molecule has 0 aliphatic carbocycles. The molecule has 0 rings (SSSR count). The molecule has 0 N–H and O–H groups in total. The lowest BCUT2D eigenvalue weighted by Crippen LogP contribution is -2.30. The third kappa shape index (κ3) is 49.6. The molecule has 0 aromatic carbocycles. The first kappa shape index (κ1) is 60.6. The van der Waals surface area contributed by atoms with Crippen LogP contribution in [0.3, 0.4) is 0 Å². The summed E-state index contributed by atoms with van der Waals surface area (Å²) in [5, 5.41) is 0. The molecule has 0 amide bonds. The molecule has 0 aromatic heterocycles. The lowest BCUT2D eigenvalue weighted by Gasteiger charge is -2.18. The highest BCUT2D eigenvalue weighted by Gasteiger charge is 2.19. The molecular formula is C58H98O6. The van der Waals surface area contributed by atoms with E-state index in [0.717, 1.165) is 109 Å². The Kier molecular flexibility index (Phi) is 49.4. The first-order valence-corrected chi connectivity index (χ1v) is 26.6. The summed E-state index contributed by atoms with van der Waals surface area (Å²) in [5.41, 5.74) is 0. The monoisotopic (exact) mass is 891 g/mol. The summed E-state index contributed by atoms with van der Waals surface area (Å²) in [6.45, 7) is 6.44. The molecule has 64 heavy (non-hydrogen) atoms. The second-order valence-electron chi connectivity index (χ2n) is 17.4. The number of allylic oxidation sites excluding steroid dienone is 14. The van der Waals surface area contributed by atoms with Crippen LogP contribution in [0.4, 0.5) is 0 Å². The Morgan fingerprint density at radius 1 is 0.328 bits per heavy atom. The molecule has 1 unspecified atom stereocenters. The van der Waals surface area contributed by atoms with E-state index in [1.807, 2.05) is 0 Å². The zero-order chi connectivity index (χ0) is 46.5. The molecule has 0 bridgehead atoms. The van der Waals surface area contributed by atoms with Gasteiger partial charge >= 0.3 is 17.9 Å². The van der Waals surface area contributed by atoms with Gasteiger partial charge in [0.2, 0.25) is 0 Å². The third-order valence-electron chi connectivity index (χ3n) is 11.2. The molecule has 0 saturated heterocycles. The normalized spacial score (nSPS) is 12.7. The van der Waals surface area contributed by atoms with Gasteiger partial charge in [-0.05, 0) is 77.0 Å². The van der Waals surface area contributed by atoms with Crippen molar-refractivity contribution in [2.75, 3.05) is 13.2 Å². The number of hydrogen-bond donors (Lipinski definition) is 0. The van der Waals surface area contributed by atoms with Crippen LogP contribution in [-0.2, 0) is 28.6 Å². The van der Waals surface area contributed by atoms with Crippen LogP contribution in [0.25, 0.3) is 0 Å². The van der Waals surface area contributed by atoms with Crippen molar-refractivity contribution in [1.82, 2.24) is 0 Å². The first-order chi connectivity index (χ1) is 31.5. The summed E-state index contributed by atoms with van der Waals surface area (Å²) in [6, 6.07) is 0. The lowest BCUT2D eigenvalue weighted by molar-refractivity contribution is -0.167. The molecule has 0 aliphatic heterocycles. The Labute approximate surface area is 395 Å². The van der Waals surface area contributed by atoms with E-state index in [1.54, 1.807) is 0 Å². The van der Waals surface area contributed by atoms with Crippen molar-refractivity contribution in [3.63, 3.8) is 0 Å². The predicted molar refractivity (Wildman–Crippen MR) is 274 cm³/mol. The standard InChI is InChI=1S/C58H98O6/c1-4-7-10-13-16-18-20-21-22-23-24-25-26-27-28-29-30-31-32-33-34-35-36-37-39-40-42-45-48-51-57(60)63-54-55(53-62-56(59)50-47-44-15-12-9-6-3)64-58(61)52-49-46-43-41-38-19-17-14-11-8-5-2/h7,10,16,18,21-22,24-25,27-28,30-31,33-34,55H,4-6,8-9,11-15,17,19-20,23,26,29,32,35-54H2,1-3H3/b10-7-,18-16-,22-21-,25-24-,28-27-,31-30-,34-33-. The van der Waals surface area contributed by atoms with Crippen molar-refractivity contribution in [3.8, 4) is 0 Å². The highest BCUT2D eigenvalue weighted by Crippen LogP contribution is 2.14. The molecule has 0 fully saturated rings.